The molecule has 0 bridgehead atoms. The number of carbonyl (C=O) groups excluding carboxylic acids is 1. The fourth-order valence-electron chi connectivity index (χ4n) is 2.16. The van der Waals surface area contributed by atoms with Crippen molar-refractivity contribution in [3.63, 3.8) is 0 Å². The Labute approximate surface area is 133 Å². The summed E-state index contributed by atoms with van der Waals surface area (Å²) in [4.78, 5) is 28.6. The highest BCUT2D eigenvalue weighted by atomic mass is 19.1. The van der Waals surface area contributed by atoms with Gasteiger partial charge in [0.2, 0.25) is 11.6 Å². The molecule has 1 aliphatic rings. The first-order chi connectivity index (χ1) is 11.3. The van der Waals surface area contributed by atoms with E-state index in [4.69, 9.17) is 16.0 Å². The van der Waals surface area contributed by atoms with Gasteiger partial charge in [-0.1, -0.05) is 5.11 Å². The maximum Gasteiger partial charge on any atom is 0.351 e. The van der Waals surface area contributed by atoms with Gasteiger partial charge in [-0.3, -0.25) is 9.36 Å². The molecule has 1 amide bonds. The summed E-state index contributed by atoms with van der Waals surface area (Å²) in [6.45, 7) is -1.25. The minimum Gasteiger partial charge on any atom is -0.393 e. The number of azide groups is 1. The van der Waals surface area contributed by atoms with Gasteiger partial charge in [-0.25, -0.2) is 9.18 Å². The van der Waals surface area contributed by atoms with Crippen molar-refractivity contribution in [1.29, 1.82) is 0 Å². The van der Waals surface area contributed by atoms with Crippen LogP contribution in [-0.4, -0.2) is 56.8 Å². The van der Waals surface area contributed by atoms with Crippen molar-refractivity contribution in [2.45, 2.75) is 24.2 Å². The third kappa shape index (κ3) is 3.14. The number of amides is 1. The van der Waals surface area contributed by atoms with E-state index in [-0.39, 0.29) is 12.4 Å². The Morgan fingerprint density at radius 3 is 2.96 bits per heavy atom. The van der Waals surface area contributed by atoms with Gasteiger partial charge in [-0.15, -0.1) is 0 Å². The summed E-state index contributed by atoms with van der Waals surface area (Å²) in [5, 5.41) is 24.7. The highest BCUT2D eigenvalue weighted by molar-refractivity contribution is 5.78. The third-order valence-corrected chi connectivity index (χ3v) is 3.35. The van der Waals surface area contributed by atoms with Crippen molar-refractivity contribution in [1.82, 2.24) is 9.55 Å². The molecule has 1 aromatic heterocycles. The number of carbonyl (C=O) groups is 1. The summed E-state index contributed by atoms with van der Waals surface area (Å²) in [6, 6.07) is 1.25. The van der Waals surface area contributed by atoms with Crippen molar-refractivity contribution in [2.75, 3.05) is 18.5 Å². The average molecular weight is 343 g/mol. The zero-order valence-electron chi connectivity index (χ0n) is 12.1. The molecule has 130 valence electrons. The largest absolute Gasteiger partial charge is 0.393 e. The second kappa shape index (κ2) is 6.80. The maximum absolute atomic E-state index is 14.3. The number of hydrogen-bond donors (Lipinski definition) is 4. The minimum atomic E-state index is -2.25. The van der Waals surface area contributed by atoms with Gasteiger partial charge >= 0.3 is 5.69 Å². The number of alkyl halides is 1. The van der Waals surface area contributed by atoms with E-state index >= 15 is 0 Å². The van der Waals surface area contributed by atoms with Gasteiger partial charge in [-0.2, -0.15) is 4.98 Å². The fourth-order valence-corrected chi connectivity index (χ4v) is 2.16. The van der Waals surface area contributed by atoms with Gasteiger partial charge < -0.3 is 26.0 Å². The molecule has 0 aromatic carbocycles. The van der Waals surface area contributed by atoms with Crippen LogP contribution in [0.5, 0.6) is 0 Å². The summed E-state index contributed by atoms with van der Waals surface area (Å²) in [5.41, 5.74) is 10.2. The van der Waals surface area contributed by atoms with Crippen molar-refractivity contribution < 1.29 is 24.1 Å². The SMILES string of the molecule is [N-]=[N+]=N[C@]1(CO)OC(n2ccc(NCC(N)=O)nc2=O)[C@@H](F)C1O. The first kappa shape index (κ1) is 17.6. The van der Waals surface area contributed by atoms with Crippen molar-refractivity contribution >= 4 is 11.7 Å². The van der Waals surface area contributed by atoms with Crippen molar-refractivity contribution in [2.24, 2.45) is 10.8 Å². The van der Waals surface area contributed by atoms with Gasteiger partial charge in [0, 0.05) is 11.1 Å². The summed E-state index contributed by atoms with van der Waals surface area (Å²) >= 11 is 0. The van der Waals surface area contributed by atoms with E-state index in [1.807, 2.05) is 0 Å². The van der Waals surface area contributed by atoms with E-state index in [1.54, 1.807) is 0 Å². The van der Waals surface area contributed by atoms with Crippen LogP contribution >= 0.6 is 0 Å². The second-order valence-corrected chi connectivity index (χ2v) is 4.91. The zero-order valence-corrected chi connectivity index (χ0v) is 12.1. The third-order valence-electron chi connectivity index (χ3n) is 3.35. The molecule has 13 heteroatoms. The van der Waals surface area contributed by atoms with Gasteiger partial charge in [0.1, 0.15) is 11.9 Å². The Morgan fingerprint density at radius 2 is 2.42 bits per heavy atom. The second-order valence-electron chi connectivity index (χ2n) is 4.91. The number of rotatable bonds is 6. The molecule has 0 spiro atoms. The molecule has 24 heavy (non-hydrogen) atoms. The number of nitrogens with zero attached hydrogens (tertiary/aromatic N) is 5. The summed E-state index contributed by atoms with van der Waals surface area (Å²) in [6.07, 6.45) is -4.70. The Bertz CT molecular complexity index is 736. The molecule has 0 aliphatic carbocycles. The topological polar surface area (TPSA) is 188 Å². The number of anilines is 1. The van der Waals surface area contributed by atoms with Crippen LogP contribution in [0, 0.1) is 0 Å². The lowest BCUT2D eigenvalue weighted by Gasteiger charge is -2.23. The lowest BCUT2D eigenvalue weighted by molar-refractivity contribution is -0.124. The number of nitrogens with one attached hydrogen (secondary N) is 1. The number of aliphatic hydroxyl groups excluding tert-OH is 2. The molecule has 2 unspecified atom stereocenters. The Kier molecular flexibility index (Phi) is 4.99. The zero-order chi connectivity index (χ0) is 17.9. The number of primary amides is 1. The van der Waals surface area contributed by atoms with E-state index in [0.717, 1.165) is 6.20 Å². The van der Waals surface area contributed by atoms with E-state index in [1.165, 1.54) is 6.07 Å². The predicted molar refractivity (Wildman–Crippen MR) is 76.2 cm³/mol. The lowest BCUT2D eigenvalue weighted by atomic mass is 10.1. The van der Waals surface area contributed by atoms with E-state index in [2.05, 4.69) is 20.3 Å². The molecule has 1 saturated heterocycles. The highest BCUT2D eigenvalue weighted by Crippen LogP contribution is 2.39. The molecule has 1 aromatic rings. The molecule has 1 aliphatic heterocycles. The number of aliphatic hydroxyl groups is 2. The summed E-state index contributed by atoms with van der Waals surface area (Å²) < 4.78 is 20.1. The standard InChI is InChI=1S/C11H14FN7O5/c12-7-8(22)11(4-20,17-18-14)24-9(7)19-2-1-6(16-10(19)23)15-3-5(13)21/h1-2,7-9,20,22H,3-4H2,(H2,13,21)(H,15,16,23)/t7-,8?,9?,11+/m0/s1. The predicted octanol–water partition coefficient (Wildman–Crippen LogP) is -1.63. The van der Waals surface area contributed by atoms with Crippen LogP contribution in [0.4, 0.5) is 10.2 Å². The van der Waals surface area contributed by atoms with Crippen molar-refractivity contribution in [3.05, 3.63) is 33.2 Å². The fraction of sp³-hybridized carbons (Fsp3) is 0.545. The van der Waals surface area contributed by atoms with Gasteiger partial charge in [-0.05, 0) is 11.6 Å². The molecule has 0 saturated carbocycles. The van der Waals surface area contributed by atoms with Crippen LogP contribution < -0.4 is 16.7 Å². The van der Waals surface area contributed by atoms with E-state index in [9.17, 15) is 24.2 Å². The molecular weight excluding hydrogens is 329 g/mol. The number of aromatic nitrogens is 2. The van der Waals surface area contributed by atoms with E-state index < -0.39 is 42.4 Å². The van der Waals surface area contributed by atoms with Crippen LogP contribution in [-0.2, 0) is 9.53 Å². The van der Waals surface area contributed by atoms with Crippen LogP contribution in [0.25, 0.3) is 10.4 Å². The smallest absolute Gasteiger partial charge is 0.351 e. The Morgan fingerprint density at radius 1 is 1.71 bits per heavy atom. The molecule has 2 heterocycles. The first-order valence-corrected chi connectivity index (χ1v) is 6.63. The quantitative estimate of drug-likeness (QED) is 0.271. The average Bonchev–Trinajstić information content (AvgIpc) is 2.79. The maximum atomic E-state index is 14.3. The Balaban J connectivity index is 2.30. The first-order valence-electron chi connectivity index (χ1n) is 6.63. The molecule has 5 N–H and O–H groups in total. The van der Waals surface area contributed by atoms with Crippen LogP contribution in [0.3, 0.4) is 0 Å². The number of halogens is 1. The van der Waals surface area contributed by atoms with Gasteiger partial charge in [0.15, 0.2) is 12.4 Å². The number of nitrogens with two attached hydrogens (primary N) is 1. The van der Waals surface area contributed by atoms with Crippen LogP contribution in [0.2, 0.25) is 0 Å². The van der Waals surface area contributed by atoms with Crippen molar-refractivity contribution in [3.8, 4) is 0 Å². The molecule has 2 rings (SSSR count). The van der Waals surface area contributed by atoms with Crippen LogP contribution in [0.1, 0.15) is 6.23 Å². The molecule has 0 radical (unpaired) electrons. The molecule has 4 atom stereocenters. The summed E-state index contributed by atoms with van der Waals surface area (Å²) in [5.74, 6) is -0.651. The minimum absolute atomic E-state index is 0.0208. The number of hydrogen-bond acceptors (Lipinski definition) is 8. The Hall–Kier alpha value is -2.73. The van der Waals surface area contributed by atoms with Crippen LogP contribution in [0.15, 0.2) is 22.2 Å². The number of ether oxygens (including phenoxy) is 1. The normalized spacial score (nSPS) is 29.0. The van der Waals surface area contributed by atoms with Gasteiger partial charge in [0.25, 0.3) is 0 Å². The monoisotopic (exact) mass is 343 g/mol. The van der Waals surface area contributed by atoms with Gasteiger partial charge in [0.05, 0.1) is 13.2 Å². The molecular formula is C11H14FN7O5. The lowest BCUT2D eigenvalue weighted by Crippen LogP contribution is -2.43. The molecule has 12 nitrogen and oxygen atoms in total. The molecule has 1 fully saturated rings. The van der Waals surface area contributed by atoms with E-state index in [0.29, 0.717) is 4.57 Å². The highest BCUT2D eigenvalue weighted by Gasteiger charge is 2.56. The summed E-state index contributed by atoms with van der Waals surface area (Å²) in [7, 11) is 0.